The van der Waals surface area contributed by atoms with Gasteiger partial charge in [0.25, 0.3) is 0 Å². The zero-order valence-corrected chi connectivity index (χ0v) is 12.5. The van der Waals surface area contributed by atoms with Gasteiger partial charge in [0.2, 0.25) is 0 Å². The van der Waals surface area contributed by atoms with Crippen LogP contribution in [0.3, 0.4) is 0 Å². The van der Waals surface area contributed by atoms with Crippen LogP contribution in [-0.2, 0) is 6.42 Å². The maximum absolute atomic E-state index is 5.88. The summed E-state index contributed by atoms with van der Waals surface area (Å²) in [6.07, 6.45) is 7.46. The standard InChI is InChI=1S/C16H26ClN/c1-3-6-16(18-13-4-2)8-5-7-14-9-11-15(17)12-10-14/h9-12,16,18H,3-8,13H2,1-2H3. The lowest BCUT2D eigenvalue weighted by molar-refractivity contribution is 0.438. The Balaban J connectivity index is 2.26. The van der Waals surface area contributed by atoms with Crippen molar-refractivity contribution in [3.05, 3.63) is 34.9 Å². The number of nitrogens with one attached hydrogen (secondary N) is 1. The molecule has 0 saturated heterocycles. The van der Waals surface area contributed by atoms with Gasteiger partial charge in [-0.1, -0.05) is 44.0 Å². The summed E-state index contributed by atoms with van der Waals surface area (Å²) in [6.45, 7) is 5.63. The van der Waals surface area contributed by atoms with Crippen molar-refractivity contribution in [3.63, 3.8) is 0 Å². The molecule has 0 aromatic heterocycles. The first-order valence-electron chi connectivity index (χ1n) is 7.24. The van der Waals surface area contributed by atoms with Crippen LogP contribution < -0.4 is 5.32 Å². The van der Waals surface area contributed by atoms with Gasteiger partial charge >= 0.3 is 0 Å². The minimum atomic E-state index is 0.697. The van der Waals surface area contributed by atoms with E-state index in [0.717, 1.165) is 18.0 Å². The molecule has 1 aromatic carbocycles. The largest absolute Gasteiger partial charge is 0.314 e. The van der Waals surface area contributed by atoms with Crippen molar-refractivity contribution in [1.82, 2.24) is 5.32 Å². The highest BCUT2D eigenvalue weighted by Crippen LogP contribution is 2.13. The fourth-order valence-electron chi connectivity index (χ4n) is 2.25. The molecular weight excluding hydrogens is 242 g/mol. The first-order valence-corrected chi connectivity index (χ1v) is 7.61. The summed E-state index contributed by atoms with van der Waals surface area (Å²) >= 11 is 5.88. The smallest absolute Gasteiger partial charge is 0.0406 e. The molecule has 0 radical (unpaired) electrons. The Morgan fingerprint density at radius 2 is 1.78 bits per heavy atom. The SMILES string of the molecule is CCCNC(CCC)CCCc1ccc(Cl)cc1. The second-order valence-electron chi connectivity index (χ2n) is 4.96. The van der Waals surface area contributed by atoms with Crippen molar-refractivity contribution < 1.29 is 0 Å². The highest BCUT2D eigenvalue weighted by atomic mass is 35.5. The average Bonchev–Trinajstić information content (AvgIpc) is 2.38. The van der Waals surface area contributed by atoms with Crippen LogP contribution in [0.2, 0.25) is 5.02 Å². The van der Waals surface area contributed by atoms with Gasteiger partial charge in [-0.25, -0.2) is 0 Å². The maximum atomic E-state index is 5.88. The topological polar surface area (TPSA) is 12.0 Å². The van der Waals surface area contributed by atoms with Gasteiger partial charge in [0, 0.05) is 11.1 Å². The highest BCUT2D eigenvalue weighted by molar-refractivity contribution is 6.30. The van der Waals surface area contributed by atoms with Crippen LogP contribution in [0, 0.1) is 0 Å². The Kier molecular flexibility index (Phi) is 8.11. The maximum Gasteiger partial charge on any atom is 0.0406 e. The third-order valence-electron chi connectivity index (χ3n) is 3.25. The van der Waals surface area contributed by atoms with Gasteiger partial charge in [0.1, 0.15) is 0 Å². The molecule has 1 N–H and O–H groups in total. The quantitative estimate of drug-likeness (QED) is 0.676. The molecule has 1 nitrogen and oxygen atoms in total. The number of benzene rings is 1. The predicted octanol–water partition coefficient (Wildman–Crippen LogP) is 4.83. The molecule has 2 heteroatoms. The van der Waals surface area contributed by atoms with E-state index in [9.17, 15) is 0 Å². The first kappa shape index (κ1) is 15.5. The molecule has 0 spiro atoms. The van der Waals surface area contributed by atoms with E-state index >= 15 is 0 Å². The Morgan fingerprint density at radius 3 is 2.39 bits per heavy atom. The molecule has 1 atom stereocenters. The van der Waals surface area contributed by atoms with Crippen molar-refractivity contribution in [2.24, 2.45) is 0 Å². The van der Waals surface area contributed by atoms with Crippen molar-refractivity contribution >= 4 is 11.6 Å². The van der Waals surface area contributed by atoms with E-state index in [1.165, 1.54) is 37.7 Å². The lowest BCUT2D eigenvalue weighted by atomic mass is 10.0. The second kappa shape index (κ2) is 9.41. The summed E-state index contributed by atoms with van der Waals surface area (Å²) in [6, 6.07) is 8.93. The summed E-state index contributed by atoms with van der Waals surface area (Å²) in [4.78, 5) is 0. The summed E-state index contributed by atoms with van der Waals surface area (Å²) in [5, 5.41) is 4.47. The van der Waals surface area contributed by atoms with Crippen molar-refractivity contribution in [3.8, 4) is 0 Å². The number of hydrogen-bond donors (Lipinski definition) is 1. The van der Waals surface area contributed by atoms with E-state index in [0.29, 0.717) is 6.04 Å². The molecule has 0 heterocycles. The predicted molar refractivity (Wildman–Crippen MR) is 81.4 cm³/mol. The zero-order chi connectivity index (χ0) is 13.2. The molecule has 1 rings (SSSR count). The molecule has 0 saturated carbocycles. The number of rotatable bonds is 9. The molecule has 18 heavy (non-hydrogen) atoms. The molecular formula is C16H26ClN. The fraction of sp³-hybridized carbons (Fsp3) is 0.625. The van der Waals surface area contributed by atoms with E-state index in [1.807, 2.05) is 12.1 Å². The summed E-state index contributed by atoms with van der Waals surface area (Å²) < 4.78 is 0. The molecule has 102 valence electrons. The second-order valence-corrected chi connectivity index (χ2v) is 5.39. The van der Waals surface area contributed by atoms with Gasteiger partial charge < -0.3 is 5.32 Å². The lowest BCUT2D eigenvalue weighted by Gasteiger charge is -2.17. The molecule has 0 aliphatic heterocycles. The van der Waals surface area contributed by atoms with Crippen LogP contribution in [-0.4, -0.2) is 12.6 Å². The van der Waals surface area contributed by atoms with Gasteiger partial charge in [0.15, 0.2) is 0 Å². The Labute approximate surface area is 117 Å². The minimum Gasteiger partial charge on any atom is -0.314 e. The van der Waals surface area contributed by atoms with Crippen LogP contribution in [0.15, 0.2) is 24.3 Å². The monoisotopic (exact) mass is 267 g/mol. The van der Waals surface area contributed by atoms with Gasteiger partial charge in [-0.15, -0.1) is 0 Å². The Hall–Kier alpha value is -0.530. The molecule has 0 bridgehead atoms. The van der Waals surface area contributed by atoms with Crippen molar-refractivity contribution in [2.75, 3.05) is 6.54 Å². The molecule has 1 aromatic rings. The summed E-state index contributed by atoms with van der Waals surface area (Å²) in [5.41, 5.74) is 1.39. The van der Waals surface area contributed by atoms with Crippen molar-refractivity contribution in [1.29, 1.82) is 0 Å². The van der Waals surface area contributed by atoms with Crippen molar-refractivity contribution in [2.45, 2.75) is 58.4 Å². The lowest BCUT2D eigenvalue weighted by Crippen LogP contribution is -2.29. The van der Waals surface area contributed by atoms with Gasteiger partial charge in [-0.2, -0.15) is 0 Å². The Morgan fingerprint density at radius 1 is 1.06 bits per heavy atom. The fourth-order valence-corrected chi connectivity index (χ4v) is 2.38. The zero-order valence-electron chi connectivity index (χ0n) is 11.7. The number of aryl methyl sites for hydroxylation is 1. The third-order valence-corrected chi connectivity index (χ3v) is 3.50. The number of hydrogen-bond acceptors (Lipinski definition) is 1. The molecule has 0 fully saturated rings. The van der Waals surface area contributed by atoms with Gasteiger partial charge in [-0.05, 0) is 56.3 Å². The molecule has 1 unspecified atom stereocenters. The average molecular weight is 268 g/mol. The van der Waals surface area contributed by atoms with Gasteiger partial charge in [-0.3, -0.25) is 0 Å². The van der Waals surface area contributed by atoms with E-state index in [-0.39, 0.29) is 0 Å². The van der Waals surface area contributed by atoms with E-state index in [4.69, 9.17) is 11.6 Å². The van der Waals surface area contributed by atoms with Gasteiger partial charge in [0.05, 0.1) is 0 Å². The molecule has 0 aliphatic carbocycles. The highest BCUT2D eigenvalue weighted by Gasteiger charge is 2.06. The summed E-state index contributed by atoms with van der Waals surface area (Å²) in [5.74, 6) is 0. The number of halogens is 1. The third kappa shape index (κ3) is 6.42. The molecule has 0 aliphatic rings. The minimum absolute atomic E-state index is 0.697. The van der Waals surface area contributed by atoms with Crippen LogP contribution in [0.1, 0.15) is 51.5 Å². The first-order chi connectivity index (χ1) is 8.76. The van der Waals surface area contributed by atoms with E-state index < -0.39 is 0 Å². The normalized spacial score (nSPS) is 12.6. The van der Waals surface area contributed by atoms with Crippen LogP contribution >= 0.6 is 11.6 Å². The van der Waals surface area contributed by atoms with E-state index in [1.54, 1.807) is 0 Å². The summed E-state index contributed by atoms with van der Waals surface area (Å²) in [7, 11) is 0. The van der Waals surface area contributed by atoms with Crippen LogP contribution in [0.25, 0.3) is 0 Å². The van der Waals surface area contributed by atoms with E-state index in [2.05, 4.69) is 31.3 Å². The molecule has 0 amide bonds. The van der Waals surface area contributed by atoms with Crippen LogP contribution in [0.4, 0.5) is 0 Å². The Bertz CT molecular complexity index is 307. The van der Waals surface area contributed by atoms with Crippen LogP contribution in [0.5, 0.6) is 0 Å².